The molecule has 3 aromatic carbocycles. The number of carbonyl (C=O) groups excluding carboxylic acids is 3. The summed E-state index contributed by atoms with van der Waals surface area (Å²) in [5.41, 5.74) is 4.80. The Bertz CT molecular complexity index is 1360. The summed E-state index contributed by atoms with van der Waals surface area (Å²) in [6.45, 7) is 5.70. The Hall–Kier alpha value is -3.61. The molecule has 0 bridgehead atoms. The summed E-state index contributed by atoms with van der Waals surface area (Å²) in [6.07, 6.45) is 0. The number of benzene rings is 3. The summed E-state index contributed by atoms with van der Waals surface area (Å²) in [5.74, 6) is -1.49. The van der Waals surface area contributed by atoms with Gasteiger partial charge in [0.1, 0.15) is 10.7 Å². The fourth-order valence-corrected chi connectivity index (χ4v) is 3.87. The van der Waals surface area contributed by atoms with Crippen molar-refractivity contribution in [3.8, 4) is 0 Å². The average Bonchev–Trinajstić information content (AvgIpc) is 3.01. The van der Waals surface area contributed by atoms with Crippen molar-refractivity contribution in [2.75, 3.05) is 15.5 Å². The lowest BCUT2D eigenvalue weighted by Gasteiger charge is -2.16. The van der Waals surface area contributed by atoms with Crippen molar-refractivity contribution in [2.45, 2.75) is 20.8 Å². The molecule has 0 spiro atoms. The van der Waals surface area contributed by atoms with Gasteiger partial charge in [-0.15, -0.1) is 0 Å². The van der Waals surface area contributed by atoms with Gasteiger partial charge in [-0.25, -0.2) is 4.90 Å². The molecular weight excluding hydrogens is 473 g/mol. The lowest BCUT2D eigenvalue weighted by Crippen LogP contribution is -2.32. The van der Waals surface area contributed by atoms with Crippen molar-refractivity contribution in [3.05, 3.63) is 98.7 Å². The maximum atomic E-state index is 13.0. The summed E-state index contributed by atoms with van der Waals surface area (Å²) in [4.78, 5) is 39.2. The maximum Gasteiger partial charge on any atom is 0.283 e. The van der Waals surface area contributed by atoms with E-state index in [1.165, 1.54) is 0 Å². The predicted octanol–water partition coefficient (Wildman–Crippen LogP) is 5.95. The molecule has 34 heavy (non-hydrogen) atoms. The second kappa shape index (κ2) is 9.33. The number of amides is 3. The molecule has 3 aromatic rings. The molecule has 0 saturated carbocycles. The number of halogens is 2. The van der Waals surface area contributed by atoms with Crippen LogP contribution in [0.25, 0.3) is 0 Å². The van der Waals surface area contributed by atoms with E-state index in [2.05, 4.69) is 10.6 Å². The van der Waals surface area contributed by atoms with Crippen LogP contribution in [0.3, 0.4) is 0 Å². The molecule has 172 valence electrons. The molecule has 0 atom stereocenters. The molecule has 2 N–H and O–H groups in total. The Morgan fingerprint density at radius 2 is 1.50 bits per heavy atom. The highest BCUT2D eigenvalue weighted by Crippen LogP contribution is 2.32. The van der Waals surface area contributed by atoms with E-state index in [1.54, 1.807) is 42.5 Å². The molecule has 0 radical (unpaired) electrons. The topological polar surface area (TPSA) is 78.5 Å². The van der Waals surface area contributed by atoms with E-state index in [4.69, 9.17) is 23.2 Å². The molecule has 0 fully saturated rings. The van der Waals surface area contributed by atoms with Crippen molar-refractivity contribution in [2.24, 2.45) is 0 Å². The van der Waals surface area contributed by atoms with Gasteiger partial charge in [-0.3, -0.25) is 14.4 Å². The number of imide groups is 1. The van der Waals surface area contributed by atoms with E-state index in [1.807, 2.05) is 39.0 Å². The van der Waals surface area contributed by atoms with Crippen molar-refractivity contribution >= 4 is 58.0 Å². The first kappa shape index (κ1) is 23.5. The summed E-state index contributed by atoms with van der Waals surface area (Å²) < 4.78 is 0. The number of hydrogen-bond donors (Lipinski definition) is 2. The first-order chi connectivity index (χ1) is 16.2. The van der Waals surface area contributed by atoms with Gasteiger partial charge in [0.2, 0.25) is 0 Å². The maximum absolute atomic E-state index is 13.0. The highest BCUT2D eigenvalue weighted by molar-refractivity contribution is 6.53. The van der Waals surface area contributed by atoms with E-state index in [-0.39, 0.29) is 16.6 Å². The van der Waals surface area contributed by atoms with Gasteiger partial charge in [-0.2, -0.15) is 0 Å². The lowest BCUT2D eigenvalue weighted by atomic mass is 10.1. The van der Waals surface area contributed by atoms with E-state index in [9.17, 15) is 14.4 Å². The molecule has 0 aliphatic carbocycles. The van der Waals surface area contributed by atoms with E-state index >= 15 is 0 Å². The third-order valence-electron chi connectivity index (χ3n) is 5.50. The van der Waals surface area contributed by atoms with Gasteiger partial charge in [-0.05, 0) is 79.9 Å². The quantitative estimate of drug-likeness (QED) is 0.430. The van der Waals surface area contributed by atoms with Gasteiger partial charge in [-0.1, -0.05) is 41.4 Å². The van der Waals surface area contributed by atoms with Gasteiger partial charge in [0.25, 0.3) is 17.7 Å². The van der Waals surface area contributed by atoms with Crippen LogP contribution in [0.5, 0.6) is 0 Å². The predicted molar refractivity (Wildman–Crippen MR) is 135 cm³/mol. The molecule has 1 aliphatic rings. The fraction of sp³-hybridized carbons (Fsp3) is 0.115. The summed E-state index contributed by atoms with van der Waals surface area (Å²) in [6, 6.07) is 17.3. The third kappa shape index (κ3) is 4.55. The van der Waals surface area contributed by atoms with Crippen LogP contribution < -0.4 is 15.5 Å². The minimum absolute atomic E-state index is 0.0454. The number of nitrogens with one attached hydrogen (secondary N) is 2. The number of anilines is 3. The normalized spacial score (nSPS) is 13.5. The first-order valence-corrected chi connectivity index (χ1v) is 11.2. The van der Waals surface area contributed by atoms with Crippen LogP contribution in [-0.4, -0.2) is 17.7 Å². The van der Waals surface area contributed by atoms with Crippen LogP contribution in [0.4, 0.5) is 17.1 Å². The molecule has 1 aliphatic heterocycles. The zero-order chi connectivity index (χ0) is 24.6. The van der Waals surface area contributed by atoms with Gasteiger partial charge in [0, 0.05) is 22.0 Å². The molecular formula is C26H21Cl2N3O3. The molecule has 0 saturated heterocycles. The minimum atomic E-state index is -0.640. The smallest absolute Gasteiger partial charge is 0.283 e. The van der Waals surface area contributed by atoms with Gasteiger partial charge >= 0.3 is 0 Å². The van der Waals surface area contributed by atoms with Crippen LogP contribution in [0.2, 0.25) is 5.02 Å². The molecule has 3 amide bonds. The van der Waals surface area contributed by atoms with E-state index in [0.717, 1.165) is 27.3 Å². The van der Waals surface area contributed by atoms with Crippen molar-refractivity contribution in [1.29, 1.82) is 0 Å². The summed E-state index contributed by atoms with van der Waals surface area (Å²) in [5, 5.41) is 6.02. The Labute approximate surface area is 207 Å². The van der Waals surface area contributed by atoms with Crippen LogP contribution in [0, 0.1) is 20.8 Å². The van der Waals surface area contributed by atoms with Crippen molar-refractivity contribution in [3.63, 3.8) is 0 Å². The number of rotatable bonds is 5. The second-order valence-corrected chi connectivity index (χ2v) is 8.83. The molecule has 0 unspecified atom stereocenters. The Balaban J connectivity index is 1.50. The molecule has 1 heterocycles. The first-order valence-electron chi connectivity index (χ1n) is 10.5. The average molecular weight is 494 g/mol. The van der Waals surface area contributed by atoms with Crippen LogP contribution in [-0.2, 0) is 9.59 Å². The van der Waals surface area contributed by atoms with Gasteiger partial charge in [0.15, 0.2) is 0 Å². The second-order valence-electron chi connectivity index (χ2n) is 8.04. The standard InChI is InChI=1S/C26H21Cl2N3O3/c1-14-4-5-16(3)21(12-14)30-24(32)17-7-9-18(10-8-17)29-23-22(28)25(33)31(26(23)34)19-11-6-15(2)20(27)13-19/h4-13,29H,1-3H3,(H,30,32). The SMILES string of the molecule is Cc1ccc(C)c(NC(=O)c2ccc(NC3=C(Cl)C(=O)N(c4ccc(C)c(Cl)c4)C3=O)cc2)c1. The van der Waals surface area contributed by atoms with Crippen molar-refractivity contribution in [1.82, 2.24) is 0 Å². The van der Waals surface area contributed by atoms with E-state index < -0.39 is 11.8 Å². The van der Waals surface area contributed by atoms with Crippen LogP contribution >= 0.6 is 23.2 Å². The number of hydrogen-bond acceptors (Lipinski definition) is 4. The Morgan fingerprint density at radius 3 is 2.18 bits per heavy atom. The number of aryl methyl sites for hydroxylation is 3. The Morgan fingerprint density at radius 1 is 0.824 bits per heavy atom. The zero-order valence-electron chi connectivity index (χ0n) is 18.7. The fourth-order valence-electron chi connectivity index (χ4n) is 3.48. The third-order valence-corrected chi connectivity index (χ3v) is 6.26. The van der Waals surface area contributed by atoms with Crippen LogP contribution in [0.15, 0.2) is 71.4 Å². The lowest BCUT2D eigenvalue weighted by molar-refractivity contribution is -0.120. The van der Waals surface area contributed by atoms with Crippen LogP contribution in [0.1, 0.15) is 27.0 Å². The molecule has 4 rings (SSSR count). The number of carbonyl (C=O) groups is 3. The summed E-state index contributed by atoms with van der Waals surface area (Å²) >= 11 is 12.4. The highest BCUT2D eigenvalue weighted by atomic mass is 35.5. The number of nitrogens with zero attached hydrogens (tertiary/aromatic N) is 1. The van der Waals surface area contributed by atoms with Crippen molar-refractivity contribution < 1.29 is 14.4 Å². The monoisotopic (exact) mass is 493 g/mol. The van der Waals surface area contributed by atoms with Gasteiger partial charge < -0.3 is 10.6 Å². The molecule has 0 aromatic heterocycles. The van der Waals surface area contributed by atoms with E-state index in [0.29, 0.717) is 22.0 Å². The zero-order valence-corrected chi connectivity index (χ0v) is 20.2. The Kier molecular flexibility index (Phi) is 6.46. The molecule has 6 nitrogen and oxygen atoms in total. The largest absolute Gasteiger partial charge is 0.350 e. The minimum Gasteiger partial charge on any atom is -0.350 e. The molecule has 8 heteroatoms. The van der Waals surface area contributed by atoms with Gasteiger partial charge in [0.05, 0.1) is 5.69 Å². The summed E-state index contributed by atoms with van der Waals surface area (Å²) in [7, 11) is 0. The highest BCUT2D eigenvalue weighted by Gasteiger charge is 2.39.